The van der Waals surface area contributed by atoms with Gasteiger partial charge in [-0.25, -0.2) is 9.78 Å². The molecule has 1 unspecified atom stereocenters. The molecule has 0 fully saturated rings. The first kappa shape index (κ1) is 14.3. The highest BCUT2D eigenvalue weighted by Gasteiger charge is 2.12. The van der Waals surface area contributed by atoms with Crippen LogP contribution < -0.4 is 0 Å². The van der Waals surface area contributed by atoms with E-state index < -0.39 is 5.97 Å². The zero-order valence-electron chi connectivity index (χ0n) is 9.87. The van der Waals surface area contributed by atoms with Crippen molar-refractivity contribution in [2.24, 2.45) is 5.92 Å². The number of carbonyl (C=O) groups is 1. The fourth-order valence-electron chi connectivity index (χ4n) is 1.41. The number of pyridine rings is 1. The molecule has 17 heavy (non-hydrogen) atoms. The quantitative estimate of drug-likeness (QED) is 0.603. The van der Waals surface area contributed by atoms with Crippen molar-refractivity contribution < 1.29 is 9.53 Å². The highest BCUT2D eigenvalue weighted by molar-refractivity contribution is 6.41. The van der Waals surface area contributed by atoms with Gasteiger partial charge in [-0.3, -0.25) is 0 Å². The van der Waals surface area contributed by atoms with E-state index in [-0.39, 0.29) is 10.2 Å². The van der Waals surface area contributed by atoms with Gasteiger partial charge in [0, 0.05) is 6.20 Å². The SMILES string of the molecule is CCCC(C)COC(=O)c1cnc(Cl)c(Cl)c1. The summed E-state index contributed by atoms with van der Waals surface area (Å²) in [7, 11) is 0. The summed E-state index contributed by atoms with van der Waals surface area (Å²) < 4.78 is 5.16. The lowest BCUT2D eigenvalue weighted by atomic mass is 10.1. The van der Waals surface area contributed by atoms with Crippen LogP contribution >= 0.6 is 23.2 Å². The van der Waals surface area contributed by atoms with Crippen molar-refractivity contribution in [2.75, 3.05) is 6.61 Å². The molecule has 0 saturated heterocycles. The van der Waals surface area contributed by atoms with Gasteiger partial charge < -0.3 is 4.74 Å². The first-order chi connectivity index (χ1) is 8.04. The zero-order valence-corrected chi connectivity index (χ0v) is 11.4. The number of rotatable bonds is 5. The average molecular weight is 276 g/mol. The molecule has 1 aromatic heterocycles. The summed E-state index contributed by atoms with van der Waals surface area (Å²) >= 11 is 11.4. The Morgan fingerprint density at radius 3 is 2.82 bits per heavy atom. The number of hydrogen-bond acceptors (Lipinski definition) is 3. The summed E-state index contributed by atoms with van der Waals surface area (Å²) in [5.74, 6) is -0.0568. The molecule has 1 aromatic rings. The van der Waals surface area contributed by atoms with E-state index in [2.05, 4.69) is 11.9 Å². The Bertz CT molecular complexity index is 396. The summed E-state index contributed by atoms with van der Waals surface area (Å²) in [6.45, 7) is 4.55. The van der Waals surface area contributed by atoms with Gasteiger partial charge in [-0.05, 0) is 18.4 Å². The number of halogens is 2. The molecule has 1 heterocycles. The lowest BCUT2D eigenvalue weighted by molar-refractivity contribution is 0.0443. The third-order valence-electron chi connectivity index (χ3n) is 2.31. The van der Waals surface area contributed by atoms with E-state index in [1.54, 1.807) is 0 Å². The number of nitrogens with zero attached hydrogens (tertiary/aromatic N) is 1. The Morgan fingerprint density at radius 1 is 1.53 bits per heavy atom. The molecule has 0 saturated carbocycles. The first-order valence-electron chi connectivity index (χ1n) is 5.52. The third-order valence-corrected chi connectivity index (χ3v) is 3.00. The molecule has 0 aliphatic carbocycles. The van der Waals surface area contributed by atoms with E-state index in [0.29, 0.717) is 18.1 Å². The molecule has 0 aliphatic rings. The largest absolute Gasteiger partial charge is 0.462 e. The smallest absolute Gasteiger partial charge is 0.339 e. The molecule has 0 aromatic carbocycles. The van der Waals surface area contributed by atoms with Crippen LogP contribution in [0.15, 0.2) is 12.3 Å². The second-order valence-electron chi connectivity index (χ2n) is 3.99. The van der Waals surface area contributed by atoms with Gasteiger partial charge in [0.05, 0.1) is 17.2 Å². The van der Waals surface area contributed by atoms with Crippen molar-refractivity contribution in [1.82, 2.24) is 4.98 Å². The Labute approximate surface area is 111 Å². The maximum Gasteiger partial charge on any atom is 0.339 e. The molecule has 5 heteroatoms. The van der Waals surface area contributed by atoms with Gasteiger partial charge in [-0.1, -0.05) is 43.5 Å². The van der Waals surface area contributed by atoms with Gasteiger partial charge >= 0.3 is 5.97 Å². The van der Waals surface area contributed by atoms with Crippen LogP contribution in [0.5, 0.6) is 0 Å². The van der Waals surface area contributed by atoms with E-state index in [4.69, 9.17) is 27.9 Å². The van der Waals surface area contributed by atoms with E-state index in [9.17, 15) is 4.79 Å². The lowest BCUT2D eigenvalue weighted by Crippen LogP contribution is -2.12. The van der Waals surface area contributed by atoms with Crippen LogP contribution in [0.3, 0.4) is 0 Å². The Kier molecular flexibility index (Phi) is 5.72. The van der Waals surface area contributed by atoms with Crippen molar-refractivity contribution in [3.8, 4) is 0 Å². The highest BCUT2D eigenvalue weighted by atomic mass is 35.5. The van der Waals surface area contributed by atoms with Crippen LogP contribution in [0.25, 0.3) is 0 Å². The molecule has 0 spiro atoms. The summed E-state index contributed by atoms with van der Waals surface area (Å²) in [6, 6.07) is 1.46. The predicted octanol–water partition coefficient (Wildman–Crippen LogP) is 3.98. The zero-order chi connectivity index (χ0) is 12.8. The molecular weight excluding hydrogens is 261 g/mol. The van der Waals surface area contributed by atoms with Crippen molar-refractivity contribution in [2.45, 2.75) is 26.7 Å². The molecule has 94 valence electrons. The van der Waals surface area contributed by atoms with Crippen molar-refractivity contribution in [3.63, 3.8) is 0 Å². The maximum atomic E-state index is 11.7. The number of carbonyl (C=O) groups excluding carboxylic acids is 1. The van der Waals surface area contributed by atoms with Crippen LogP contribution in [-0.2, 0) is 4.74 Å². The van der Waals surface area contributed by atoms with Gasteiger partial charge in [-0.2, -0.15) is 0 Å². The van der Waals surface area contributed by atoms with Gasteiger partial charge in [0.25, 0.3) is 0 Å². The van der Waals surface area contributed by atoms with Crippen molar-refractivity contribution >= 4 is 29.2 Å². The van der Waals surface area contributed by atoms with Gasteiger partial charge in [0.2, 0.25) is 0 Å². The van der Waals surface area contributed by atoms with E-state index in [0.717, 1.165) is 12.8 Å². The van der Waals surface area contributed by atoms with Crippen LogP contribution in [-0.4, -0.2) is 17.6 Å². The third kappa shape index (κ3) is 4.52. The van der Waals surface area contributed by atoms with Crippen molar-refractivity contribution in [3.05, 3.63) is 28.0 Å². The predicted molar refractivity (Wildman–Crippen MR) is 68.6 cm³/mol. The van der Waals surface area contributed by atoms with Gasteiger partial charge in [-0.15, -0.1) is 0 Å². The summed E-state index contributed by atoms with van der Waals surface area (Å²) in [6.07, 6.45) is 3.47. The number of hydrogen-bond donors (Lipinski definition) is 0. The van der Waals surface area contributed by atoms with Crippen LogP contribution in [0.2, 0.25) is 10.2 Å². The van der Waals surface area contributed by atoms with E-state index >= 15 is 0 Å². The molecular formula is C12H15Cl2NO2. The molecule has 0 aliphatic heterocycles. The Balaban J connectivity index is 2.55. The Morgan fingerprint density at radius 2 is 2.24 bits per heavy atom. The minimum atomic E-state index is -0.418. The highest BCUT2D eigenvalue weighted by Crippen LogP contribution is 2.20. The topological polar surface area (TPSA) is 39.2 Å². The number of aromatic nitrogens is 1. The standard InChI is InChI=1S/C12H15Cl2NO2/c1-3-4-8(2)7-17-12(16)9-5-10(13)11(14)15-6-9/h5-6,8H,3-4,7H2,1-2H3. The molecule has 0 N–H and O–H groups in total. The van der Waals surface area contributed by atoms with Crippen LogP contribution in [0.1, 0.15) is 37.0 Å². The summed E-state index contributed by atoms with van der Waals surface area (Å²) in [5, 5.41) is 0.435. The second kappa shape index (κ2) is 6.82. The molecule has 0 radical (unpaired) electrons. The monoisotopic (exact) mass is 275 g/mol. The maximum absolute atomic E-state index is 11.7. The summed E-state index contributed by atoms with van der Waals surface area (Å²) in [5.41, 5.74) is 0.322. The Hall–Kier alpha value is -0.800. The fraction of sp³-hybridized carbons (Fsp3) is 0.500. The molecule has 1 atom stereocenters. The lowest BCUT2D eigenvalue weighted by Gasteiger charge is -2.10. The molecule has 3 nitrogen and oxygen atoms in total. The van der Waals surface area contributed by atoms with Crippen LogP contribution in [0.4, 0.5) is 0 Å². The first-order valence-corrected chi connectivity index (χ1v) is 6.28. The normalized spacial score (nSPS) is 12.2. The van der Waals surface area contributed by atoms with Crippen molar-refractivity contribution in [1.29, 1.82) is 0 Å². The number of ether oxygens (including phenoxy) is 1. The molecule has 0 bridgehead atoms. The van der Waals surface area contributed by atoms with E-state index in [1.807, 2.05) is 6.92 Å². The average Bonchev–Trinajstić information content (AvgIpc) is 2.30. The van der Waals surface area contributed by atoms with Crippen LogP contribution in [0, 0.1) is 5.92 Å². The fourth-order valence-corrected chi connectivity index (χ4v) is 1.68. The minimum absolute atomic E-state index is 0.183. The summed E-state index contributed by atoms with van der Waals surface area (Å²) in [4.78, 5) is 15.4. The molecule has 0 amide bonds. The molecule has 1 rings (SSSR count). The van der Waals surface area contributed by atoms with Gasteiger partial charge in [0.1, 0.15) is 5.15 Å². The number of esters is 1. The second-order valence-corrected chi connectivity index (χ2v) is 4.75. The van der Waals surface area contributed by atoms with Gasteiger partial charge in [0.15, 0.2) is 0 Å². The minimum Gasteiger partial charge on any atom is -0.462 e. The van der Waals surface area contributed by atoms with E-state index in [1.165, 1.54) is 12.3 Å².